The van der Waals surface area contributed by atoms with E-state index >= 15 is 0 Å². The van der Waals surface area contributed by atoms with Crippen molar-refractivity contribution in [2.45, 2.75) is 0 Å². The first-order valence-electron chi connectivity index (χ1n) is 6.16. The number of hydrogen-bond donors (Lipinski definition) is 1. The summed E-state index contributed by atoms with van der Waals surface area (Å²) in [5, 5.41) is 0. The summed E-state index contributed by atoms with van der Waals surface area (Å²) in [6.07, 6.45) is 0. The molecule has 0 spiro atoms. The van der Waals surface area contributed by atoms with Crippen molar-refractivity contribution in [2.75, 3.05) is 23.7 Å². The third-order valence-electron chi connectivity index (χ3n) is 3.61. The van der Waals surface area contributed by atoms with Crippen molar-refractivity contribution in [2.24, 2.45) is 4.99 Å². The number of nitrogen functional groups attached to an aromatic ring is 1. The SMILES string of the molecule is Nc1ccc2c(c1)-c1ccccc1C1=NCCN12. The monoisotopic (exact) mass is 235 g/mol. The van der Waals surface area contributed by atoms with E-state index in [4.69, 9.17) is 5.73 Å². The number of aliphatic imine (C=N–C) groups is 1. The van der Waals surface area contributed by atoms with Crippen molar-refractivity contribution in [3.63, 3.8) is 0 Å². The lowest BCUT2D eigenvalue weighted by atomic mass is 9.92. The molecule has 4 rings (SSSR count). The number of anilines is 2. The number of nitrogens with zero attached hydrogens (tertiary/aromatic N) is 2. The number of nitrogens with two attached hydrogens (primary N) is 1. The first-order chi connectivity index (χ1) is 8.84. The van der Waals surface area contributed by atoms with Gasteiger partial charge in [-0.1, -0.05) is 24.3 Å². The number of fused-ring (bicyclic) bond motifs is 6. The van der Waals surface area contributed by atoms with Crippen molar-refractivity contribution in [3.05, 3.63) is 48.0 Å². The molecule has 0 aliphatic carbocycles. The molecule has 0 aromatic heterocycles. The lowest BCUT2D eigenvalue weighted by Crippen LogP contribution is -2.31. The first-order valence-corrected chi connectivity index (χ1v) is 6.16. The lowest BCUT2D eigenvalue weighted by molar-refractivity contribution is 1.02. The molecule has 18 heavy (non-hydrogen) atoms. The van der Waals surface area contributed by atoms with E-state index in [1.165, 1.54) is 22.4 Å². The Kier molecular flexibility index (Phi) is 1.81. The number of rotatable bonds is 0. The van der Waals surface area contributed by atoms with Gasteiger partial charge in [0.05, 0.1) is 12.2 Å². The molecule has 88 valence electrons. The van der Waals surface area contributed by atoms with Gasteiger partial charge >= 0.3 is 0 Å². The Morgan fingerprint density at radius 3 is 2.72 bits per heavy atom. The van der Waals surface area contributed by atoms with Crippen LogP contribution in [0, 0.1) is 0 Å². The van der Waals surface area contributed by atoms with Gasteiger partial charge in [-0.3, -0.25) is 4.99 Å². The van der Waals surface area contributed by atoms with Crippen LogP contribution in [0.4, 0.5) is 11.4 Å². The van der Waals surface area contributed by atoms with E-state index < -0.39 is 0 Å². The first kappa shape index (κ1) is 9.71. The van der Waals surface area contributed by atoms with Crippen molar-refractivity contribution in [1.29, 1.82) is 0 Å². The molecule has 3 nitrogen and oxygen atoms in total. The van der Waals surface area contributed by atoms with E-state index in [1.54, 1.807) is 0 Å². The molecule has 2 N–H and O–H groups in total. The van der Waals surface area contributed by atoms with Crippen molar-refractivity contribution < 1.29 is 0 Å². The Morgan fingerprint density at radius 1 is 1.00 bits per heavy atom. The van der Waals surface area contributed by atoms with E-state index in [-0.39, 0.29) is 0 Å². The van der Waals surface area contributed by atoms with Crippen LogP contribution in [0.15, 0.2) is 47.5 Å². The molecule has 3 heteroatoms. The van der Waals surface area contributed by atoms with E-state index in [9.17, 15) is 0 Å². The Hall–Kier alpha value is -2.29. The molecule has 0 radical (unpaired) electrons. The maximum absolute atomic E-state index is 5.93. The molecular weight excluding hydrogens is 222 g/mol. The zero-order valence-electron chi connectivity index (χ0n) is 9.93. The van der Waals surface area contributed by atoms with E-state index in [0.29, 0.717) is 0 Å². The molecule has 0 atom stereocenters. The summed E-state index contributed by atoms with van der Waals surface area (Å²) in [7, 11) is 0. The third kappa shape index (κ3) is 1.16. The van der Waals surface area contributed by atoms with E-state index in [2.05, 4.69) is 46.3 Å². The fourth-order valence-electron chi connectivity index (χ4n) is 2.83. The highest BCUT2D eigenvalue weighted by atomic mass is 15.2. The van der Waals surface area contributed by atoms with Crippen LogP contribution < -0.4 is 10.6 Å². The van der Waals surface area contributed by atoms with Crippen LogP contribution in [-0.4, -0.2) is 18.9 Å². The summed E-state index contributed by atoms with van der Waals surface area (Å²) < 4.78 is 0. The number of benzene rings is 2. The minimum atomic E-state index is 0.808. The van der Waals surface area contributed by atoms with Gasteiger partial charge in [0.2, 0.25) is 0 Å². The second-order valence-corrected chi connectivity index (χ2v) is 4.68. The largest absolute Gasteiger partial charge is 0.399 e. The van der Waals surface area contributed by atoms with Gasteiger partial charge in [-0.25, -0.2) is 0 Å². The topological polar surface area (TPSA) is 41.6 Å². The maximum atomic E-state index is 5.93. The maximum Gasteiger partial charge on any atom is 0.136 e. The summed E-state index contributed by atoms with van der Waals surface area (Å²) in [6.45, 7) is 1.83. The van der Waals surface area contributed by atoms with Gasteiger partial charge in [0.25, 0.3) is 0 Å². The Balaban J connectivity index is 2.09. The highest BCUT2D eigenvalue weighted by Crippen LogP contribution is 2.41. The van der Waals surface area contributed by atoms with E-state index in [1.807, 2.05) is 6.07 Å². The Bertz CT molecular complexity index is 673. The van der Waals surface area contributed by atoms with E-state index in [0.717, 1.165) is 24.6 Å². The van der Waals surface area contributed by atoms with Crippen LogP contribution in [0.3, 0.4) is 0 Å². The second kappa shape index (κ2) is 3.35. The molecule has 2 heterocycles. The fraction of sp³-hybridized carbons (Fsp3) is 0.133. The zero-order valence-corrected chi connectivity index (χ0v) is 9.93. The van der Waals surface area contributed by atoms with Crippen LogP contribution >= 0.6 is 0 Å². The van der Waals surface area contributed by atoms with Crippen LogP contribution in [0.5, 0.6) is 0 Å². The zero-order chi connectivity index (χ0) is 12.1. The van der Waals surface area contributed by atoms with Gasteiger partial charge in [0, 0.05) is 23.4 Å². The average molecular weight is 235 g/mol. The van der Waals surface area contributed by atoms with Crippen LogP contribution in [0.1, 0.15) is 5.56 Å². The molecule has 0 saturated carbocycles. The molecule has 2 aromatic carbocycles. The fourth-order valence-corrected chi connectivity index (χ4v) is 2.83. The average Bonchev–Trinajstić information content (AvgIpc) is 2.88. The van der Waals surface area contributed by atoms with Crippen LogP contribution in [0.25, 0.3) is 11.1 Å². The van der Waals surface area contributed by atoms with Gasteiger partial charge < -0.3 is 10.6 Å². The predicted molar refractivity (Wildman–Crippen MR) is 75.0 cm³/mol. The minimum Gasteiger partial charge on any atom is -0.399 e. The molecule has 2 aliphatic rings. The number of amidine groups is 1. The van der Waals surface area contributed by atoms with Gasteiger partial charge in [0.1, 0.15) is 5.84 Å². The summed E-state index contributed by atoms with van der Waals surface area (Å²) in [4.78, 5) is 6.92. The van der Waals surface area contributed by atoms with Gasteiger partial charge in [-0.15, -0.1) is 0 Å². The molecular formula is C15H13N3. The molecule has 2 aromatic rings. The third-order valence-corrected chi connectivity index (χ3v) is 3.61. The Labute approximate surface area is 106 Å². The van der Waals surface area contributed by atoms with Crippen LogP contribution in [0.2, 0.25) is 0 Å². The van der Waals surface area contributed by atoms with Crippen molar-refractivity contribution >= 4 is 17.2 Å². The minimum absolute atomic E-state index is 0.808. The molecule has 2 aliphatic heterocycles. The van der Waals surface area contributed by atoms with Gasteiger partial charge in [-0.2, -0.15) is 0 Å². The summed E-state index contributed by atoms with van der Waals surface area (Å²) in [6, 6.07) is 14.5. The predicted octanol–water partition coefficient (Wildman–Crippen LogP) is 2.52. The van der Waals surface area contributed by atoms with Gasteiger partial charge in [-0.05, 0) is 23.8 Å². The number of hydrogen-bond acceptors (Lipinski definition) is 3. The highest BCUT2D eigenvalue weighted by molar-refractivity contribution is 6.19. The summed E-state index contributed by atoms with van der Waals surface area (Å²) >= 11 is 0. The summed E-state index contributed by atoms with van der Waals surface area (Å²) in [5.74, 6) is 1.10. The standard InChI is InChI=1S/C15H13N3/c16-10-5-6-14-13(9-10)11-3-1-2-4-12(11)15-17-7-8-18(14)15/h1-6,9H,7-8,16H2. The summed E-state index contributed by atoms with van der Waals surface area (Å²) in [5.41, 5.74) is 11.6. The molecule has 0 unspecified atom stereocenters. The molecule has 0 saturated heterocycles. The molecule has 0 bridgehead atoms. The normalized spacial score (nSPS) is 15.8. The lowest BCUT2D eigenvalue weighted by Gasteiger charge is -2.30. The highest BCUT2D eigenvalue weighted by Gasteiger charge is 2.29. The second-order valence-electron chi connectivity index (χ2n) is 4.68. The van der Waals surface area contributed by atoms with Crippen molar-refractivity contribution in [1.82, 2.24) is 0 Å². The van der Waals surface area contributed by atoms with Crippen LogP contribution in [-0.2, 0) is 0 Å². The van der Waals surface area contributed by atoms with Crippen molar-refractivity contribution in [3.8, 4) is 11.1 Å². The smallest absolute Gasteiger partial charge is 0.136 e. The quantitative estimate of drug-likeness (QED) is 0.713. The molecule has 0 fully saturated rings. The Morgan fingerprint density at radius 2 is 1.83 bits per heavy atom. The molecule has 0 amide bonds. The van der Waals surface area contributed by atoms with Gasteiger partial charge in [0.15, 0.2) is 0 Å².